The van der Waals surface area contributed by atoms with E-state index >= 15 is 0 Å². The van der Waals surface area contributed by atoms with E-state index in [-0.39, 0.29) is 0 Å². The van der Waals surface area contributed by atoms with Crippen LogP contribution in [0.5, 0.6) is 0 Å². The van der Waals surface area contributed by atoms with E-state index in [1.54, 1.807) is 0 Å². The van der Waals surface area contributed by atoms with Gasteiger partial charge in [-0.25, -0.2) is 0 Å². The quantitative estimate of drug-likeness (QED) is 0.646. The summed E-state index contributed by atoms with van der Waals surface area (Å²) in [6, 6.07) is 6.72. The molecule has 0 amide bonds. The summed E-state index contributed by atoms with van der Waals surface area (Å²) in [6.45, 7) is 4.30. The van der Waals surface area contributed by atoms with Gasteiger partial charge in [0.1, 0.15) is 0 Å². The summed E-state index contributed by atoms with van der Waals surface area (Å²) in [5.74, 6) is 0. The van der Waals surface area contributed by atoms with Gasteiger partial charge in [-0.15, -0.1) is 0 Å². The van der Waals surface area contributed by atoms with Crippen molar-refractivity contribution < 1.29 is 0 Å². The van der Waals surface area contributed by atoms with E-state index in [9.17, 15) is 0 Å². The van der Waals surface area contributed by atoms with Crippen LogP contribution in [-0.4, -0.2) is 27.3 Å². The third kappa shape index (κ3) is 2.14. The molecule has 0 aromatic heterocycles. The van der Waals surface area contributed by atoms with Crippen molar-refractivity contribution in [3.05, 3.63) is 29.3 Å². The van der Waals surface area contributed by atoms with Gasteiger partial charge < -0.3 is 0 Å². The van der Waals surface area contributed by atoms with Crippen molar-refractivity contribution in [2.24, 2.45) is 0 Å². The number of benzene rings is 1. The van der Waals surface area contributed by atoms with Crippen LogP contribution in [0.4, 0.5) is 0 Å². The molecule has 0 unspecified atom stereocenters. The van der Waals surface area contributed by atoms with Gasteiger partial charge in [-0.1, -0.05) is 0 Å². The summed E-state index contributed by atoms with van der Waals surface area (Å²) in [4.78, 5) is 0. The van der Waals surface area contributed by atoms with E-state index < -0.39 is 0 Å². The Morgan fingerprint density at radius 3 is 2.00 bits per heavy atom. The van der Waals surface area contributed by atoms with E-state index in [2.05, 4.69) is 46.2 Å². The summed E-state index contributed by atoms with van der Waals surface area (Å²) in [6.07, 6.45) is 0. The zero-order valence-corrected chi connectivity index (χ0v) is 9.68. The second-order valence-corrected chi connectivity index (χ2v) is 5.78. The second-order valence-electron chi connectivity index (χ2n) is 2.41. The molecule has 0 N–H and O–H groups in total. The molecule has 1 aromatic rings. The predicted molar refractivity (Wildman–Crippen MR) is 48.5 cm³/mol. The third-order valence-corrected chi connectivity index (χ3v) is 4.54. The van der Waals surface area contributed by atoms with Gasteiger partial charge in [0, 0.05) is 0 Å². The Labute approximate surface area is 74.9 Å². The van der Waals surface area contributed by atoms with Crippen molar-refractivity contribution in [2.45, 2.75) is 13.8 Å². The molecule has 0 atom stereocenters. The van der Waals surface area contributed by atoms with Gasteiger partial charge in [-0.3, -0.25) is 0 Å². The molecular formula is C8H10Se2. The molecule has 0 aliphatic carbocycles. The van der Waals surface area contributed by atoms with E-state index in [0.717, 1.165) is 0 Å². The molecule has 0 saturated heterocycles. The first-order valence-electron chi connectivity index (χ1n) is 3.12. The molecule has 1 rings (SSSR count). The summed E-state index contributed by atoms with van der Waals surface area (Å²) < 4.78 is 1.48. The number of rotatable bonds is 1. The zero-order chi connectivity index (χ0) is 7.56. The molecule has 0 heterocycles. The van der Waals surface area contributed by atoms with Crippen molar-refractivity contribution in [3.8, 4) is 0 Å². The Hall–Kier alpha value is 0.259. The van der Waals surface area contributed by atoms with Crippen LogP contribution in [0.15, 0.2) is 18.2 Å². The molecule has 0 aliphatic heterocycles. The van der Waals surface area contributed by atoms with Gasteiger partial charge in [-0.05, 0) is 0 Å². The molecule has 1 aromatic carbocycles. The molecule has 0 fully saturated rings. The van der Waals surface area contributed by atoms with Crippen LogP contribution in [0.3, 0.4) is 0 Å². The van der Waals surface area contributed by atoms with E-state index in [4.69, 9.17) is 0 Å². The molecular weight excluding hydrogens is 254 g/mol. The molecule has 0 saturated carbocycles. The summed E-state index contributed by atoms with van der Waals surface area (Å²) in [5, 5.41) is 0. The van der Waals surface area contributed by atoms with Crippen LogP contribution < -0.4 is 4.46 Å². The third-order valence-electron chi connectivity index (χ3n) is 1.30. The van der Waals surface area contributed by atoms with E-state index in [1.807, 2.05) is 0 Å². The van der Waals surface area contributed by atoms with Crippen LogP contribution >= 0.6 is 0 Å². The second kappa shape index (κ2) is 3.59. The summed E-state index contributed by atoms with van der Waals surface area (Å²) in [5.41, 5.74) is 2.76. The normalized spacial score (nSPS) is 9.90. The minimum absolute atomic E-state index is 0.587. The molecule has 0 nitrogen and oxygen atoms in total. The molecule has 54 valence electrons. The summed E-state index contributed by atoms with van der Waals surface area (Å²) >= 11 is 3.25. The van der Waals surface area contributed by atoms with Gasteiger partial charge in [0.25, 0.3) is 0 Å². The predicted octanol–water partition coefficient (Wildman–Crippen LogP) is 0.449. The van der Waals surface area contributed by atoms with Crippen molar-refractivity contribution in [1.29, 1.82) is 0 Å². The van der Waals surface area contributed by atoms with Gasteiger partial charge in [0.15, 0.2) is 0 Å². The van der Waals surface area contributed by atoms with Crippen LogP contribution in [0.2, 0.25) is 0 Å². The Kier molecular flexibility index (Phi) is 3.00. The van der Waals surface area contributed by atoms with Crippen LogP contribution in [0.25, 0.3) is 0 Å². The molecule has 2 heteroatoms. The van der Waals surface area contributed by atoms with E-state index in [1.165, 1.54) is 15.6 Å². The molecule has 10 heavy (non-hydrogen) atoms. The number of hydrogen-bond acceptors (Lipinski definition) is 0. The monoisotopic (exact) mass is 266 g/mol. The Balaban J connectivity index is 3.06. The van der Waals surface area contributed by atoms with Crippen molar-refractivity contribution >= 4 is 31.8 Å². The van der Waals surface area contributed by atoms with Gasteiger partial charge in [-0.2, -0.15) is 0 Å². The Bertz CT molecular complexity index is 210. The average Bonchev–Trinajstić information content (AvgIpc) is 1.85. The maximum atomic E-state index is 2.66. The van der Waals surface area contributed by atoms with Crippen molar-refractivity contribution in [2.75, 3.05) is 0 Å². The molecule has 0 aliphatic rings. The fraction of sp³-hybridized carbons (Fsp3) is 0.250. The van der Waals surface area contributed by atoms with Crippen LogP contribution in [0.1, 0.15) is 11.1 Å². The van der Waals surface area contributed by atoms with Crippen molar-refractivity contribution in [1.82, 2.24) is 0 Å². The first-order chi connectivity index (χ1) is 4.72. The van der Waals surface area contributed by atoms with Gasteiger partial charge in [0.05, 0.1) is 0 Å². The zero-order valence-electron chi connectivity index (χ0n) is 6.09. The standard InChI is InChI=1S/C8H10Se2/c1-6-3-7(2)5-8(4-6)10-9/h3-5,9H,1-2H3. The summed E-state index contributed by atoms with van der Waals surface area (Å²) in [7, 11) is 0. The van der Waals surface area contributed by atoms with Crippen molar-refractivity contribution in [3.63, 3.8) is 0 Å². The Morgan fingerprint density at radius 2 is 1.60 bits per heavy atom. The SMILES string of the molecule is Cc1cc(C)cc([Se][SeH])c1. The first kappa shape index (κ1) is 8.36. The average molecular weight is 264 g/mol. The maximum absolute atomic E-state index is 2.66. The molecule has 0 bridgehead atoms. The van der Waals surface area contributed by atoms with Gasteiger partial charge >= 0.3 is 75.0 Å². The molecule has 0 spiro atoms. The molecule has 0 radical (unpaired) electrons. The van der Waals surface area contributed by atoms with Crippen LogP contribution in [-0.2, 0) is 0 Å². The van der Waals surface area contributed by atoms with E-state index in [0.29, 0.717) is 13.1 Å². The van der Waals surface area contributed by atoms with Crippen LogP contribution in [0, 0.1) is 13.8 Å². The number of aryl methyl sites for hydroxylation is 2. The Morgan fingerprint density at radius 1 is 1.10 bits per heavy atom. The first-order valence-corrected chi connectivity index (χ1v) is 8.72. The fourth-order valence-electron chi connectivity index (χ4n) is 0.986. The fourth-order valence-corrected chi connectivity index (χ4v) is 3.14. The topological polar surface area (TPSA) is 0 Å². The number of hydrogen-bond donors (Lipinski definition) is 0. The van der Waals surface area contributed by atoms with Gasteiger partial charge in [0.2, 0.25) is 0 Å². The minimum atomic E-state index is 0.587.